The first-order valence-corrected chi connectivity index (χ1v) is 17.5. The molecule has 1 aromatic heterocycles. The van der Waals surface area contributed by atoms with Crippen molar-refractivity contribution in [2.75, 3.05) is 29.3 Å². The Bertz CT molecular complexity index is 1890. The highest BCUT2D eigenvalue weighted by atomic mass is 32.2. The van der Waals surface area contributed by atoms with E-state index in [9.17, 15) is 21.2 Å². The summed E-state index contributed by atoms with van der Waals surface area (Å²) in [5.41, 5.74) is 9.48. The highest BCUT2D eigenvalue weighted by molar-refractivity contribution is 7.89. The van der Waals surface area contributed by atoms with E-state index in [4.69, 9.17) is 0 Å². The number of nitrogens with one attached hydrogen (secondary N) is 5. The van der Waals surface area contributed by atoms with E-state index in [0.29, 0.717) is 28.2 Å². The molecule has 0 bridgehead atoms. The molecule has 0 saturated heterocycles. The van der Waals surface area contributed by atoms with Crippen molar-refractivity contribution < 1.29 is 21.2 Å². The summed E-state index contributed by atoms with van der Waals surface area (Å²) < 4.78 is 68.0. The standard InChI is InChI=1S/C31H36FN9O4S2/c1-6-33-46(42,43)26-14-9-23(10-15-26)21(4)38-40-29-19-30(37-31(36-29)35-28-18-25(32)13-8-20(28)3)41-39-22(5)24-11-16-27(17-12-24)47(44,45)34-7-2/h8-19,33-34H,6-7H2,1-5H3,(H3,35,36,37,40,41). The Hall–Kier alpha value is -4.77. The van der Waals surface area contributed by atoms with Gasteiger partial charge in [0.15, 0.2) is 11.6 Å². The number of halogens is 1. The van der Waals surface area contributed by atoms with Crippen molar-refractivity contribution in [2.45, 2.75) is 44.4 Å². The molecule has 1 heterocycles. The third-order valence-electron chi connectivity index (χ3n) is 6.68. The van der Waals surface area contributed by atoms with E-state index in [1.807, 2.05) is 6.92 Å². The molecule has 0 unspecified atom stereocenters. The van der Waals surface area contributed by atoms with Gasteiger partial charge in [-0.05, 0) is 73.9 Å². The lowest BCUT2D eigenvalue weighted by atomic mass is 10.1. The van der Waals surface area contributed by atoms with Crippen LogP contribution in [-0.2, 0) is 20.0 Å². The first kappa shape index (κ1) is 35.1. The van der Waals surface area contributed by atoms with Gasteiger partial charge in [-0.25, -0.2) is 30.7 Å². The summed E-state index contributed by atoms with van der Waals surface area (Å²) in [5.74, 6) is 0.244. The molecular weight excluding hydrogens is 646 g/mol. The summed E-state index contributed by atoms with van der Waals surface area (Å²) in [7, 11) is -7.17. The van der Waals surface area contributed by atoms with E-state index in [0.717, 1.165) is 5.56 Å². The Morgan fingerprint density at radius 1 is 0.702 bits per heavy atom. The van der Waals surface area contributed by atoms with Crippen molar-refractivity contribution in [2.24, 2.45) is 10.2 Å². The lowest BCUT2D eigenvalue weighted by Crippen LogP contribution is -2.23. The maximum absolute atomic E-state index is 14.0. The SMILES string of the molecule is CCNS(=O)(=O)c1ccc(C(C)=NNc2cc(NN=C(C)c3ccc(S(=O)(=O)NCC)cc3)nc(Nc3cc(F)ccc3C)n2)cc1. The normalized spacial score (nSPS) is 12.6. The monoisotopic (exact) mass is 681 g/mol. The molecule has 0 amide bonds. The number of rotatable bonds is 14. The second-order valence-electron chi connectivity index (χ2n) is 10.2. The average molecular weight is 682 g/mol. The summed E-state index contributed by atoms with van der Waals surface area (Å²) in [6, 6.07) is 18.5. The van der Waals surface area contributed by atoms with Crippen molar-refractivity contribution in [3.63, 3.8) is 0 Å². The van der Waals surface area contributed by atoms with E-state index < -0.39 is 25.9 Å². The van der Waals surface area contributed by atoms with Crippen LogP contribution in [-0.4, -0.2) is 51.3 Å². The number of sulfonamides is 2. The topological polar surface area (TPSA) is 179 Å². The minimum atomic E-state index is -3.59. The number of aryl methyl sites for hydroxylation is 1. The third-order valence-corrected chi connectivity index (χ3v) is 9.81. The predicted molar refractivity (Wildman–Crippen MR) is 183 cm³/mol. The number of benzene rings is 3. The zero-order valence-corrected chi connectivity index (χ0v) is 28.1. The van der Waals surface area contributed by atoms with Crippen LogP contribution in [0.4, 0.5) is 27.7 Å². The van der Waals surface area contributed by atoms with Crippen LogP contribution in [0.25, 0.3) is 0 Å². The van der Waals surface area contributed by atoms with E-state index in [2.05, 4.69) is 45.8 Å². The lowest BCUT2D eigenvalue weighted by molar-refractivity contribution is 0.582. The fourth-order valence-corrected chi connectivity index (χ4v) is 6.26. The molecule has 5 N–H and O–H groups in total. The number of hydrazone groups is 2. The van der Waals surface area contributed by atoms with Gasteiger partial charge in [0.05, 0.1) is 21.2 Å². The van der Waals surface area contributed by atoms with E-state index >= 15 is 0 Å². The first-order chi connectivity index (χ1) is 22.3. The van der Waals surface area contributed by atoms with Gasteiger partial charge in [-0.1, -0.05) is 44.2 Å². The van der Waals surface area contributed by atoms with Crippen LogP contribution in [0.3, 0.4) is 0 Å². The maximum atomic E-state index is 14.0. The fourth-order valence-electron chi connectivity index (χ4n) is 4.18. The molecular formula is C31H36FN9O4S2. The van der Waals surface area contributed by atoms with Crippen LogP contribution < -0.4 is 25.6 Å². The summed E-state index contributed by atoms with van der Waals surface area (Å²) in [6.45, 7) is 9.28. The zero-order valence-electron chi connectivity index (χ0n) is 26.5. The molecule has 248 valence electrons. The molecule has 0 spiro atoms. The third kappa shape index (κ3) is 9.38. The van der Waals surface area contributed by atoms with Crippen LogP contribution >= 0.6 is 0 Å². The fraction of sp³-hybridized carbons (Fsp3) is 0.226. The molecule has 4 aromatic rings. The van der Waals surface area contributed by atoms with Gasteiger partial charge >= 0.3 is 0 Å². The molecule has 3 aromatic carbocycles. The highest BCUT2D eigenvalue weighted by Gasteiger charge is 2.14. The summed E-state index contributed by atoms with van der Waals surface area (Å²) in [6.07, 6.45) is 0. The van der Waals surface area contributed by atoms with Crippen molar-refractivity contribution in [1.82, 2.24) is 19.4 Å². The smallest absolute Gasteiger partial charge is 0.240 e. The number of aromatic nitrogens is 2. The van der Waals surface area contributed by atoms with Crippen LogP contribution in [0.5, 0.6) is 0 Å². The van der Waals surface area contributed by atoms with Crippen LogP contribution in [0.1, 0.15) is 44.4 Å². The Morgan fingerprint density at radius 2 is 1.15 bits per heavy atom. The Morgan fingerprint density at radius 3 is 1.57 bits per heavy atom. The maximum Gasteiger partial charge on any atom is 0.240 e. The second-order valence-corrected chi connectivity index (χ2v) is 13.7. The molecule has 0 atom stereocenters. The van der Waals surface area contributed by atoms with Gasteiger partial charge in [0.2, 0.25) is 26.0 Å². The lowest BCUT2D eigenvalue weighted by Gasteiger charge is -2.12. The first-order valence-electron chi connectivity index (χ1n) is 14.5. The van der Waals surface area contributed by atoms with Crippen LogP contribution in [0.2, 0.25) is 0 Å². The molecule has 0 aliphatic rings. The van der Waals surface area contributed by atoms with Crippen molar-refractivity contribution >= 4 is 54.7 Å². The van der Waals surface area contributed by atoms with E-state index in [-0.39, 0.29) is 40.5 Å². The van der Waals surface area contributed by atoms with Crippen LogP contribution in [0.15, 0.2) is 92.8 Å². The Labute approximate surface area is 273 Å². The molecule has 16 heteroatoms. The number of nitrogens with zero attached hydrogens (tertiary/aromatic N) is 4. The van der Waals surface area contributed by atoms with Gasteiger partial charge in [0.1, 0.15) is 5.82 Å². The summed E-state index contributed by atoms with van der Waals surface area (Å²) in [5, 5.41) is 11.8. The molecule has 0 fully saturated rings. The average Bonchev–Trinajstić information content (AvgIpc) is 3.04. The molecule has 4 rings (SSSR count). The molecule has 0 aliphatic carbocycles. The molecule has 47 heavy (non-hydrogen) atoms. The molecule has 0 aliphatic heterocycles. The quantitative estimate of drug-likeness (QED) is 0.0911. The van der Waals surface area contributed by atoms with Crippen LogP contribution in [0, 0.1) is 12.7 Å². The Balaban J connectivity index is 1.60. The zero-order chi connectivity index (χ0) is 34.2. The summed E-state index contributed by atoms with van der Waals surface area (Å²) in [4.78, 5) is 9.21. The van der Waals surface area contributed by atoms with Gasteiger partial charge in [-0.2, -0.15) is 20.2 Å². The number of hydrogen-bond acceptors (Lipinski definition) is 11. The molecule has 0 radical (unpaired) electrons. The van der Waals surface area contributed by atoms with Gasteiger partial charge in [-0.3, -0.25) is 10.9 Å². The summed E-state index contributed by atoms with van der Waals surface area (Å²) >= 11 is 0. The largest absolute Gasteiger partial charge is 0.324 e. The second kappa shape index (κ2) is 15.2. The highest BCUT2D eigenvalue weighted by Crippen LogP contribution is 2.23. The predicted octanol–water partition coefficient (Wildman–Crippen LogP) is 4.94. The van der Waals surface area contributed by atoms with Crippen molar-refractivity contribution in [3.8, 4) is 0 Å². The van der Waals surface area contributed by atoms with Gasteiger partial charge < -0.3 is 5.32 Å². The minimum Gasteiger partial charge on any atom is -0.324 e. The van der Waals surface area contributed by atoms with E-state index in [1.165, 1.54) is 36.4 Å². The number of anilines is 4. The van der Waals surface area contributed by atoms with Gasteiger partial charge in [0.25, 0.3) is 0 Å². The molecule has 13 nitrogen and oxygen atoms in total. The van der Waals surface area contributed by atoms with Gasteiger partial charge in [0, 0.05) is 24.8 Å². The molecule has 0 saturated carbocycles. The van der Waals surface area contributed by atoms with Crippen molar-refractivity contribution in [3.05, 3.63) is 95.3 Å². The van der Waals surface area contributed by atoms with Crippen molar-refractivity contribution in [1.29, 1.82) is 0 Å². The van der Waals surface area contributed by atoms with Gasteiger partial charge in [-0.15, -0.1) is 0 Å². The minimum absolute atomic E-state index is 0.128. The Kier molecular flexibility index (Phi) is 11.4. The van der Waals surface area contributed by atoms with E-state index in [1.54, 1.807) is 64.1 Å². The number of hydrogen-bond donors (Lipinski definition) is 5.